The van der Waals surface area contributed by atoms with Crippen LogP contribution in [0.3, 0.4) is 0 Å². The fourth-order valence-electron chi connectivity index (χ4n) is 1.58. The third kappa shape index (κ3) is 2.72. The zero-order valence-electron chi connectivity index (χ0n) is 9.55. The Balaban J connectivity index is 0.00000128. The van der Waals surface area contributed by atoms with Crippen LogP contribution in [0, 0.1) is 5.92 Å². The SMILES string of the molecule is CC(C)[C@H](N)c1nc(C2CCCO2)no1.Cl. The van der Waals surface area contributed by atoms with Crippen LogP contribution in [0.5, 0.6) is 0 Å². The summed E-state index contributed by atoms with van der Waals surface area (Å²) in [7, 11) is 0. The van der Waals surface area contributed by atoms with E-state index in [1.807, 2.05) is 13.8 Å². The summed E-state index contributed by atoms with van der Waals surface area (Å²) in [5.74, 6) is 1.44. The fourth-order valence-corrected chi connectivity index (χ4v) is 1.58. The van der Waals surface area contributed by atoms with Crippen LogP contribution in [0.4, 0.5) is 0 Å². The van der Waals surface area contributed by atoms with Crippen molar-refractivity contribution in [2.75, 3.05) is 6.61 Å². The molecule has 0 spiro atoms. The van der Waals surface area contributed by atoms with Crippen molar-refractivity contribution in [3.05, 3.63) is 11.7 Å². The lowest BCUT2D eigenvalue weighted by Gasteiger charge is -2.09. The fraction of sp³-hybridized carbons (Fsp3) is 0.800. The molecule has 0 saturated carbocycles. The molecule has 0 bridgehead atoms. The lowest BCUT2D eigenvalue weighted by atomic mass is 10.1. The summed E-state index contributed by atoms with van der Waals surface area (Å²) in [6.45, 7) is 4.84. The second-order valence-electron chi connectivity index (χ2n) is 4.26. The number of ether oxygens (including phenoxy) is 1. The number of hydrogen-bond donors (Lipinski definition) is 1. The van der Waals surface area contributed by atoms with Crippen LogP contribution in [-0.2, 0) is 4.74 Å². The maximum Gasteiger partial charge on any atom is 0.243 e. The van der Waals surface area contributed by atoms with Gasteiger partial charge >= 0.3 is 0 Å². The Hall–Kier alpha value is -0.650. The number of rotatable bonds is 3. The number of hydrogen-bond acceptors (Lipinski definition) is 5. The molecule has 6 heteroatoms. The largest absolute Gasteiger partial charge is 0.370 e. The first-order chi connectivity index (χ1) is 7.18. The Kier molecular flexibility index (Phi) is 4.70. The van der Waals surface area contributed by atoms with E-state index in [1.54, 1.807) is 0 Å². The van der Waals surface area contributed by atoms with E-state index in [2.05, 4.69) is 10.1 Å². The smallest absolute Gasteiger partial charge is 0.243 e. The molecule has 0 aromatic carbocycles. The number of aromatic nitrogens is 2. The van der Waals surface area contributed by atoms with Gasteiger partial charge in [-0.15, -0.1) is 12.4 Å². The van der Waals surface area contributed by atoms with Gasteiger partial charge < -0.3 is 15.0 Å². The van der Waals surface area contributed by atoms with Crippen molar-refractivity contribution in [1.29, 1.82) is 0 Å². The first kappa shape index (κ1) is 13.4. The van der Waals surface area contributed by atoms with Gasteiger partial charge in [0.2, 0.25) is 11.7 Å². The van der Waals surface area contributed by atoms with Gasteiger partial charge in [-0.2, -0.15) is 4.98 Å². The summed E-state index contributed by atoms with van der Waals surface area (Å²) >= 11 is 0. The summed E-state index contributed by atoms with van der Waals surface area (Å²) in [6.07, 6.45) is 2.03. The van der Waals surface area contributed by atoms with Gasteiger partial charge in [-0.3, -0.25) is 0 Å². The summed E-state index contributed by atoms with van der Waals surface area (Å²) in [4.78, 5) is 4.29. The molecule has 2 atom stereocenters. The van der Waals surface area contributed by atoms with Crippen molar-refractivity contribution in [1.82, 2.24) is 10.1 Å². The molecule has 1 fully saturated rings. The molecule has 2 rings (SSSR count). The zero-order valence-corrected chi connectivity index (χ0v) is 10.4. The molecule has 1 aliphatic rings. The van der Waals surface area contributed by atoms with Crippen molar-refractivity contribution in [3.63, 3.8) is 0 Å². The second kappa shape index (κ2) is 5.61. The zero-order chi connectivity index (χ0) is 10.8. The average Bonchev–Trinajstić information content (AvgIpc) is 2.86. The van der Waals surface area contributed by atoms with Crippen LogP contribution < -0.4 is 5.73 Å². The Morgan fingerprint density at radius 2 is 2.19 bits per heavy atom. The van der Waals surface area contributed by atoms with Crippen LogP contribution in [0.25, 0.3) is 0 Å². The normalized spacial score (nSPS) is 22.1. The van der Waals surface area contributed by atoms with Gasteiger partial charge in [0.1, 0.15) is 6.10 Å². The topological polar surface area (TPSA) is 74.2 Å². The first-order valence-electron chi connectivity index (χ1n) is 5.39. The summed E-state index contributed by atoms with van der Waals surface area (Å²) in [5.41, 5.74) is 5.91. The van der Waals surface area contributed by atoms with Gasteiger partial charge in [-0.05, 0) is 18.8 Å². The minimum absolute atomic E-state index is 0. The molecule has 0 aliphatic carbocycles. The standard InChI is InChI=1S/C10H17N3O2.ClH/c1-6(2)8(11)10-12-9(13-15-10)7-4-3-5-14-7;/h6-8H,3-5,11H2,1-2H3;1H/t7?,8-;/m0./s1. The summed E-state index contributed by atoms with van der Waals surface area (Å²) in [6, 6.07) is -0.187. The highest BCUT2D eigenvalue weighted by molar-refractivity contribution is 5.85. The van der Waals surface area contributed by atoms with Gasteiger partial charge in [0.15, 0.2) is 0 Å². The molecule has 92 valence electrons. The molecule has 1 unspecified atom stereocenters. The number of nitrogens with zero attached hydrogens (tertiary/aromatic N) is 2. The Bertz CT molecular complexity index is 307. The maximum atomic E-state index is 5.91. The first-order valence-corrected chi connectivity index (χ1v) is 5.39. The van der Waals surface area contributed by atoms with E-state index in [1.165, 1.54) is 0 Å². The van der Waals surface area contributed by atoms with Gasteiger partial charge in [-0.1, -0.05) is 19.0 Å². The molecule has 16 heavy (non-hydrogen) atoms. The van der Waals surface area contributed by atoms with Crippen molar-refractivity contribution >= 4 is 12.4 Å². The minimum atomic E-state index is -0.187. The van der Waals surface area contributed by atoms with E-state index < -0.39 is 0 Å². The highest BCUT2D eigenvalue weighted by atomic mass is 35.5. The monoisotopic (exact) mass is 247 g/mol. The van der Waals surface area contributed by atoms with E-state index in [-0.39, 0.29) is 24.6 Å². The Morgan fingerprint density at radius 3 is 2.75 bits per heavy atom. The lowest BCUT2D eigenvalue weighted by Crippen LogP contribution is -2.17. The molecule has 1 aromatic heterocycles. The predicted molar refractivity (Wildman–Crippen MR) is 61.2 cm³/mol. The molecule has 2 heterocycles. The van der Waals surface area contributed by atoms with Gasteiger partial charge in [0.05, 0.1) is 6.04 Å². The lowest BCUT2D eigenvalue weighted by molar-refractivity contribution is 0.103. The molecule has 2 N–H and O–H groups in total. The van der Waals surface area contributed by atoms with Crippen LogP contribution in [0.2, 0.25) is 0 Å². The van der Waals surface area contributed by atoms with E-state index in [0.29, 0.717) is 17.6 Å². The van der Waals surface area contributed by atoms with E-state index in [4.69, 9.17) is 15.0 Å². The molecular formula is C10H18ClN3O2. The average molecular weight is 248 g/mol. The van der Waals surface area contributed by atoms with Crippen LogP contribution in [0.15, 0.2) is 4.52 Å². The van der Waals surface area contributed by atoms with Gasteiger partial charge in [0, 0.05) is 6.61 Å². The molecular weight excluding hydrogens is 230 g/mol. The number of nitrogens with two attached hydrogens (primary N) is 1. The van der Waals surface area contributed by atoms with Crippen molar-refractivity contribution < 1.29 is 9.26 Å². The third-order valence-electron chi connectivity index (χ3n) is 2.68. The molecule has 1 aromatic rings. The molecule has 0 radical (unpaired) electrons. The molecule has 1 aliphatic heterocycles. The van der Waals surface area contributed by atoms with Crippen molar-refractivity contribution in [2.45, 2.75) is 38.8 Å². The highest BCUT2D eigenvalue weighted by Crippen LogP contribution is 2.27. The van der Waals surface area contributed by atoms with E-state index in [0.717, 1.165) is 19.4 Å². The van der Waals surface area contributed by atoms with E-state index in [9.17, 15) is 0 Å². The molecule has 0 amide bonds. The molecule has 5 nitrogen and oxygen atoms in total. The maximum absolute atomic E-state index is 5.91. The minimum Gasteiger partial charge on any atom is -0.370 e. The quantitative estimate of drug-likeness (QED) is 0.884. The summed E-state index contributed by atoms with van der Waals surface area (Å²) in [5, 5.41) is 3.91. The summed E-state index contributed by atoms with van der Waals surface area (Å²) < 4.78 is 10.6. The van der Waals surface area contributed by atoms with Gasteiger partial charge in [0.25, 0.3) is 0 Å². The molecule has 1 saturated heterocycles. The van der Waals surface area contributed by atoms with Crippen molar-refractivity contribution in [3.8, 4) is 0 Å². The Labute approximate surface area is 101 Å². The highest BCUT2D eigenvalue weighted by Gasteiger charge is 2.25. The van der Waals surface area contributed by atoms with Crippen molar-refractivity contribution in [2.24, 2.45) is 11.7 Å². The predicted octanol–water partition coefficient (Wildman–Crippen LogP) is 2.00. The number of halogens is 1. The van der Waals surface area contributed by atoms with Crippen LogP contribution >= 0.6 is 12.4 Å². The van der Waals surface area contributed by atoms with Gasteiger partial charge in [-0.25, -0.2) is 0 Å². The third-order valence-corrected chi connectivity index (χ3v) is 2.68. The Morgan fingerprint density at radius 1 is 1.44 bits per heavy atom. The van der Waals surface area contributed by atoms with Crippen LogP contribution in [0.1, 0.15) is 50.6 Å². The van der Waals surface area contributed by atoms with Crippen LogP contribution in [-0.4, -0.2) is 16.7 Å². The van der Waals surface area contributed by atoms with E-state index >= 15 is 0 Å². The second-order valence-corrected chi connectivity index (χ2v) is 4.26.